The summed E-state index contributed by atoms with van der Waals surface area (Å²) in [6, 6.07) is 0. The van der Waals surface area contributed by atoms with E-state index in [1.807, 2.05) is 0 Å². The van der Waals surface area contributed by atoms with Gasteiger partial charge in [0.25, 0.3) is 0 Å². The Hall–Kier alpha value is -0.260. The first-order valence-electron chi connectivity index (χ1n) is 4.06. The molecular formula is C10H20. The van der Waals surface area contributed by atoms with Gasteiger partial charge in [-0.25, -0.2) is 0 Å². The standard InChI is InChI=1S/C10H20/c1-9(2)7-6-8-10(3,4)5/h1,6-8H2,2-5H3. The van der Waals surface area contributed by atoms with Crippen LogP contribution in [0.1, 0.15) is 47.0 Å². The van der Waals surface area contributed by atoms with Crippen molar-refractivity contribution >= 4 is 0 Å². The first kappa shape index (κ1) is 9.74. The van der Waals surface area contributed by atoms with Gasteiger partial charge in [-0.05, 0) is 31.6 Å². The minimum Gasteiger partial charge on any atom is -0.100 e. The maximum absolute atomic E-state index is 3.87. The molecule has 0 rings (SSSR count). The van der Waals surface area contributed by atoms with Gasteiger partial charge in [0.15, 0.2) is 0 Å². The van der Waals surface area contributed by atoms with Gasteiger partial charge in [-0.15, -0.1) is 6.58 Å². The number of rotatable bonds is 3. The van der Waals surface area contributed by atoms with Crippen LogP contribution < -0.4 is 0 Å². The van der Waals surface area contributed by atoms with Crippen LogP contribution >= 0.6 is 0 Å². The smallest absolute Gasteiger partial charge is 0.0326 e. The Morgan fingerprint density at radius 3 is 2.10 bits per heavy atom. The van der Waals surface area contributed by atoms with Crippen LogP contribution in [0.25, 0.3) is 0 Å². The third-order valence-electron chi connectivity index (χ3n) is 1.53. The Morgan fingerprint density at radius 1 is 1.30 bits per heavy atom. The van der Waals surface area contributed by atoms with Crippen LogP contribution in [0.5, 0.6) is 0 Å². The predicted octanol–water partition coefficient (Wildman–Crippen LogP) is 3.78. The minimum atomic E-state index is 0.495. The monoisotopic (exact) mass is 140 g/mol. The lowest BCUT2D eigenvalue weighted by Crippen LogP contribution is -2.03. The molecule has 0 atom stereocenters. The SMILES string of the molecule is C=C(C)CCCC(C)(C)C. The molecule has 0 aromatic rings. The summed E-state index contributed by atoms with van der Waals surface area (Å²) in [6.07, 6.45) is 3.79. The van der Waals surface area contributed by atoms with Crippen molar-refractivity contribution in [3.8, 4) is 0 Å². The Bertz CT molecular complexity index is 104. The van der Waals surface area contributed by atoms with E-state index in [1.54, 1.807) is 0 Å². The molecular weight excluding hydrogens is 120 g/mol. The average Bonchev–Trinajstić information content (AvgIpc) is 1.59. The molecule has 0 aliphatic rings. The molecule has 0 amide bonds. The second-order valence-corrected chi connectivity index (χ2v) is 4.37. The van der Waals surface area contributed by atoms with Crippen LogP contribution in [0, 0.1) is 5.41 Å². The highest BCUT2D eigenvalue weighted by Crippen LogP contribution is 2.22. The molecule has 0 saturated heterocycles. The van der Waals surface area contributed by atoms with Gasteiger partial charge in [0, 0.05) is 0 Å². The fourth-order valence-electron chi connectivity index (χ4n) is 0.920. The molecule has 0 fully saturated rings. The normalized spacial score (nSPS) is 11.6. The maximum Gasteiger partial charge on any atom is -0.0326 e. The van der Waals surface area contributed by atoms with E-state index in [0.717, 1.165) is 0 Å². The van der Waals surface area contributed by atoms with Crippen molar-refractivity contribution in [1.29, 1.82) is 0 Å². The Balaban J connectivity index is 3.29. The highest BCUT2D eigenvalue weighted by atomic mass is 14.1. The Kier molecular flexibility index (Phi) is 3.70. The van der Waals surface area contributed by atoms with E-state index in [2.05, 4.69) is 34.3 Å². The molecule has 10 heavy (non-hydrogen) atoms. The Labute approximate surface area is 65.3 Å². The maximum atomic E-state index is 3.87. The molecule has 0 heterocycles. The zero-order valence-electron chi connectivity index (χ0n) is 7.83. The molecule has 0 heteroatoms. The van der Waals surface area contributed by atoms with Crippen LogP contribution in [0.15, 0.2) is 12.2 Å². The predicted molar refractivity (Wildman–Crippen MR) is 48.1 cm³/mol. The molecule has 0 aliphatic heterocycles. The second kappa shape index (κ2) is 3.80. The molecule has 0 aromatic heterocycles. The van der Waals surface area contributed by atoms with Crippen molar-refractivity contribution in [3.05, 3.63) is 12.2 Å². The van der Waals surface area contributed by atoms with Gasteiger partial charge < -0.3 is 0 Å². The van der Waals surface area contributed by atoms with Crippen LogP contribution in [-0.4, -0.2) is 0 Å². The summed E-state index contributed by atoms with van der Waals surface area (Å²) in [4.78, 5) is 0. The van der Waals surface area contributed by atoms with Gasteiger partial charge >= 0.3 is 0 Å². The van der Waals surface area contributed by atoms with Crippen molar-refractivity contribution in [2.75, 3.05) is 0 Å². The summed E-state index contributed by atoms with van der Waals surface area (Å²) in [6.45, 7) is 12.8. The summed E-state index contributed by atoms with van der Waals surface area (Å²) in [5, 5.41) is 0. The van der Waals surface area contributed by atoms with E-state index < -0.39 is 0 Å². The highest BCUT2D eigenvalue weighted by molar-refractivity contribution is 4.87. The summed E-state index contributed by atoms with van der Waals surface area (Å²) in [7, 11) is 0. The molecule has 0 saturated carbocycles. The lowest BCUT2D eigenvalue weighted by atomic mass is 9.89. The minimum absolute atomic E-state index is 0.495. The average molecular weight is 140 g/mol. The van der Waals surface area contributed by atoms with Crippen LogP contribution in [0.3, 0.4) is 0 Å². The van der Waals surface area contributed by atoms with E-state index in [4.69, 9.17) is 0 Å². The third kappa shape index (κ3) is 7.74. The van der Waals surface area contributed by atoms with Crippen molar-refractivity contribution in [2.45, 2.75) is 47.0 Å². The molecule has 0 bridgehead atoms. The van der Waals surface area contributed by atoms with Crippen molar-refractivity contribution in [3.63, 3.8) is 0 Å². The van der Waals surface area contributed by atoms with Crippen molar-refractivity contribution in [1.82, 2.24) is 0 Å². The summed E-state index contributed by atoms with van der Waals surface area (Å²) >= 11 is 0. The quantitative estimate of drug-likeness (QED) is 0.523. The number of allylic oxidation sites excluding steroid dienone is 1. The lowest BCUT2D eigenvalue weighted by molar-refractivity contribution is 0.365. The number of hydrogen-bond acceptors (Lipinski definition) is 0. The van der Waals surface area contributed by atoms with E-state index in [9.17, 15) is 0 Å². The van der Waals surface area contributed by atoms with Crippen LogP contribution in [-0.2, 0) is 0 Å². The number of hydrogen-bond donors (Lipinski definition) is 0. The molecule has 0 nitrogen and oxygen atoms in total. The second-order valence-electron chi connectivity index (χ2n) is 4.37. The van der Waals surface area contributed by atoms with Crippen molar-refractivity contribution < 1.29 is 0 Å². The van der Waals surface area contributed by atoms with Gasteiger partial charge in [-0.3, -0.25) is 0 Å². The molecule has 0 spiro atoms. The van der Waals surface area contributed by atoms with Gasteiger partial charge in [0.1, 0.15) is 0 Å². The van der Waals surface area contributed by atoms with Gasteiger partial charge in [0.05, 0.1) is 0 Å². The molecule has 0 aromatic carbocycles. The molecule has 60 valence electrons. The summed E-state index contributed by atoms with van der Waals surface area (Å²) in [5.41, 5.74) is 1.80. The first-order chi connectivity index (χ1) is 4.42. The van der Waals surface area contributed by atoms with E-state index in [-0.39, 0.29) is 0 Å². The molecule has 0 aliphatic carbocycles. The van der Waals surface area contributed by atoms with Crippen LogP contribution in [0.2, 0.25) is 0 Å². The Morgan fingerprint density at radius 2 is 1.80 bits per heavy atom. The largest absolute Gasteiger partial charge is 0.100 e. The van der Waals surface area contributed by atoms with Gasteiger partial charge in [0.2, 0.25) is 0 Å². The summed E-state index contributed by atoms with van der Waals surface area (Å²) in [5.74, 6) is 0. The van der Waals surface area contributed by atoms with Crippen LogP contribution in [0.4, 0.5) is 0 Å². The van der Waals surface area contributed by atoms with Crippen molar-refractivity contribution in [2.24, 2.45) is 5.41 Å². The molecule has 0 unspecified atom stereocenters. The molecule has 0 N–H and O–H groups in total. The lowest BCUT2D eigenvalue weighted by Gasteiger charge is -2.17. The fourth-order valence-corrected chi connectivity index (χ4v) is 0.920. The van der Waals surface area contributed by atoms with Gasteiger partial charge in [-0.1, -0.05) is 26.3 Å². The first-order valence-corrected chi connectivity index (χ1v) is 4.06. The summed E-state index contributed by atoms with van der Waals surface area (Å²) < 4.78 is 0. The molecule has 0 radical (unpaired) electrons. The van der Waals surface area contributed by atoms with E-state index >= 15 is 0 Å². The van der Waals surface area contributed by atoms with E-state index in [1.165, 1.54) is 24.8 Å². The topological polar surface area (TPSA) is 0 Å². The van der Waals surface area contributed by atoms with E-state index in [0.29, 0.717) is 5.41 Å². The zero-order chi connectivity index (χ0) is 8.20. The van der Waals surface area contributed by atoms with Gasteiger partial charge in [-0.2, -0.15) is 0 Å². The third-order valence-corrected chi connectivity index (χ3v) is 1.53. The zero-order valence-corrected chi connectivity index (χ0v) is 7.83. The highest BCUT2D eigenvalue weighted by Gasteiger charge is 2.08. The fraction of sp³-hybridized carbons (Fsp3) is 0.800.